The second-order valence-corrected chi connectivity index (χ2v) is 4.60. The third-order valence-electron chi connectivity index (χ3n) is 3.01. The molecule has 0 bridgehead atoms. The molecule has 2 aromatic carbocycles. The SMILES string of the molecule is N#C/C(=C\c1cccc([N+](=O)[O-])c1)c1cccc(C(F)(F)F)c1. The molecule has 0 saturated heterocycles. The van der Waals surface area contributed by atoms with Crippen molar-refractivity contribution in [3.8, 4) is 6.07 Å². The lowest BCUT2D eigenvalue weighted by atomic mass is 10.0. The Hall–Kier alpha value is -3.14. The van der Waals surface area contributed by atoms with Gasteiger partial charge in [-0.1, -0.05) is 24.3 Å². The summed E-state index contributed by atoms with van der Waals surface area (Å²) < 4.78 is 38.2. The summed E-state index contributed by atoms with van der Waals surface area (Å²) in [5.41, 5.74) is -0.603. The molecule has 0 aromatic heterocycles. The van der Waals surface area contributed by atoms with E-state index >= 15 is 0 Å². The molecule has 0 heterocycles. The lowest BCUT2D eigenvalue weighted by Crippen LogP contribution is -2.04. The second-order valence-electron chi connectivity index (χ2n) is 4.60. The van der Waals surface area contributed by atoms with E-state index in [2.05, 4.69) is 0 Å². The molecule has 0 aliphatic carbocycles. The van der Waals surface area contributed by atoms with Gasteiger partial charge < -0.3 is 0 Å². The maximum absolute atomic E-state index is 12.7. The van der Waals surface area contributed by atoms with E-state index in [0.717, 1.165) is 12.1 Å². The Morgan fingerprint density at radius 1 is 1.17 bits per heavy atom. The highest BCUT2D eigenvalue weighted by atomic mass is 19.4. The molecule has 23 heavy (non-hydrogen) atoms. The van der Waals surface area contributed by atoms with E-state index in [4.69, 9.17) is 0 Å². The van der Waals surface area contributed by atoms with Gasteiger partial charge in [-0.25, -0.2) is 0 Å². The van der Waals surface area contributed by atoms with E-state index in [1.807, 2.05) is 6.07 Å². The molecule has 0 spiro atoms. The number of halogens is 3. The Labute approximate surface area is 129 Å². The smallest absolute Gasteiger partial charge is 0.258 e. The van der Waals surface area contributed by atoms with Crippen LogP contribution in [0.15, 0.2) is 48.5 Å². The molecule has 0 fully saturated rings. The summed E-state index contributed by atoms with van der Waals surface area (Å²) in [6, 6.07) is 11.7. The number of nitro groups is 1. The van der Waals surface area contributed by atoms with Crippen LogP contribution in [-0.4, -0.2) is 4.92 Å². The van der Waals surface area contributed by atoms with E-state index in [-0.39, 0.29) is 16.8 Å². The molecule has 116 valence electrons. The summed E-state index contributed by atoms with van der Waals surface area (Å²) in [6.07, 6.45) is -3.20. The van der Waals surface area contributed by atoms with Crippen molar-refractivity contribution in [2.45, 2.75) is 6.18 Å². The van der Waals surface area contributed by atoms with Crippen LogP contribution in [0.4, 0.5) is 18.9 Å². The first-order chi connectivity index (χ1) is 10.8. The number of nitrogens with zero attached hydrogens (tertiary/aromatic N) is 2. The maximum Gasteiger partial charge on any atom is 0.416 e. The van der Waals surface area contributed by atoms with Crippen molar-refractivity contribution < 1.29 is 18.1 Å². The van der Waals surface area contributed by atoms with Gasteiger partial charge in [-0.15, -0.1) is 0 Å². The van der Waals surface area contributed by atoms with Crippen molar-refractivity contribution in [2.75, 3.05) is 0 Å². The van der Waals surface area contributed by atoms with Crippen LogP contribution in [0.1, 0.15) is 16.7 Å². The summed E-state index contributed by atoms with van der Waals surface area (Å²) in [5.74, 6) is 0. The van der Waals surface area contributed by atoms with Gasteiger partial charge in [0.05, 0.1) is 22.1 Å². The molecular formula is C16H9F3N2O2. The summed E-state index contributed by atoms with van der Waals surface area (Å²) in [6.45, 7) is 0. The number of allylic oxidation sites excluding steroid dienone is 1. The van der Waals surface area contributed by atoms with Gasteiger partial charge in [0.25, 0.3) is 5.69 Å². The lowest BCUT2D eigenvalue weighted by molar-refractivity contribution is -0.384. The van der Waals surface area contributed by atoms with Gasteiger partial charge in [0, 0.05) is 12.1 Å². The van der Waals surface area contributed by atoms with E-state index in [0.29, 0.717) is 5.56 Å². The highest BCUT2D eigenvalue weighted by molar-refractivity contribution is 5.89. The topological polar surface area (TPSA) is 66.9 Å². The number of non-ortho nitro benzene ring substituents is 1. The Kier molecular flexibility index (Phi) is 4.46. The third-order valence-corrected chi connectivity index (χ3v) is 3.01. The molecule has 4 nitrogen and oxygen atoms in total. The van der Waals surface area contributed by atoms with E-state index in [1.54, 1.807) is 0 Å². The minimum Gasteiger partial charge on any atom is -0.258 e. The van der Waals surface area contributed by atoms with Crippen LogP contribution in [0.3, 0.4) is 0 Å². The monoisotopic (exact) mass is 318 g/mol. The fourth-order valence-electron chi connectivity index (χ4n) is 1.94. The number of hydrogen-bond acceptors (Lipinski definition) is 3. The maximum atomic E-state index is 12.7. The second kappa shape index (κ2) is 6.32. The minimum atomic E-state index is -4.51. The molecule has 0 saturated carbocycles. The van der Waals surface area contributed by atoms with Crippen LogP contribution in [0, 0.1) is 21.4 Å². The molecule has 0 amide bonds. The van der Waals surface area contributed by atoms with Crippen LogP contribution in [0.25, 0.3) is 11.6 Å². The molecule has 0 aliphatic heterocycles. The van der Waals surface area contributed by atoms with Gasteiger partial charge in [0.1, 0.15) is 0 Å². The van der Waals surface area contributed by atoms with E-state index < -0.39 is 16.7 Å². The summed E-state index contributed by atoms with van der Waals surface area (Å²) in [4.78, 5) is 10.1. The Morgan fingerprint density at radius 3 is 2.48 bits per heavy atom. The number of nitro benzene ring substituents is 1. The van der Waals surface area contributed by atoms with Gasteiger partial charge in [-0.2, -0.15) is 18.4 Å². The first-order valence-electron chi connectivity index (χ1n) is 6.35. The molecular weight excluding hydrogens is 309 g/mol. The van der Waals surface area contributed by atoms with Gasteiger partial charge in [0.2, 0.25) is 0 Å². The van der Waals surface area contributed by atoms with Crippen molar-refractivity contribution in [1.82, 2.24) is 0 Å². The van der Waals surface area contributed by atoms with Crippen molar-refractivity contribution in [1.29, 1.82) is 5.26 Å². The van der Waals surface area contributed by atoms with Crippen molar-refractivity contribution >= 4 is 17.3 Å². The minimum absolute atomic E-state index is 0.0170. The van der Waals surface area contributed by atoms with Crippen molar-refractivity contribution in [2.24, 2.45) is 0 Å². The predicted octanol–water partition coefficient (Wildman–Crippen LogP) is 4.68. The van der Waals surface area contributed by atoms with Gasteiger partial charge in [-0.05, 0) is 29.3 Å². The number of alkyl halides is 3. The number of benzene rings is 2. The zero-order valence-corrected chi connectivity index (χ0v) is 11.5. The van der Waals surface area contributed by atoms with Gasteiger partial charge >= 0.3 is 6.18 Å². The summed E-state index contributed by atoms with van der Waals surface area (Å²) >= 11 is 0. The molecule has 0 atom stereocenters. The Morgan fingerprint density at radius 2 is 1.87 bits per heavy atom. The number of hydrogen-bond donors (Lipinski definition) is 0. The standard InChI is InChI=1S/C16H9F3N2O2/c17-16(18,19)14-5-2-4-12(9-14)13(10-20)7-11-3-1-6-15(8-11)21(22)23/h1-9H/b13-7+. The fourth-order valence-corrected chi connectivity index (χ4v) is 1.94. The average Bonchev–Trinajstić information content (AvgIpc) is 2.52. The number of rotatable bonds is 3. The first-order valence-corrected chi connectivity index (χ1v) is 6.35. The Balaban J connectivity index is 2.46. The van der Waals surface area contributed by atoms with Gasteiger partial charge in [-0.3, -0.25) is 10.1 Å². The summed E-state index contributed by atoms with van der Waals surface area (Å²) in [5, 5.41) is 19.9. The quantitative estimate of drug-likeness (QED) is 0.357. The Bertz CT molecular complexity index is 821. The lowest BCUT2D eigenvalue weighted by Gasteiger charge is -2.08. The van der Waals surface area contributed by atoms with Gasteiger partial charge in [0.15, 0.2) is 0 Å². The van der Waals surface area contributed by atoms with Crippen LogP contribution in [0.2, 0.25) is 0 Å². The molecule has 7 heteroatoms. The fraction of sp³-hybridized carbons (Fsp3) is 0.0625. The molecule has 2 rings (SSSR count). The zero-order valence-electron chi connectivity index (χ0n) is 11.5. The van der Waals surface area contributed by atoms with Crippen molar-refractivity contribution in [3.63, 3.8) is 0 Å². The molecule has 2 aromatic rings. The number of nitriles is 1. The van der Waals surface area contributed by atoms with Crippen LogP contribution < -0.4 is 0 Å². The van der Waals surface area contributed by atoms with Crippen LogP contribution in [-0.2, 0) is 6.18 Å². The van der Waals surface area contributed by atoms with Crippen molar-refractivity contribution in [3.05, 3.63) is 75.3 Å². The summed E-state index contributed by atoms with van der Waals surface area (Å²) in [7, 11) is 0. The zero-order chi connectivity index (χ0) is 17.0. The molecule has 0 radical (unpaired) electrons. The highest BCUT2D eigenvalue weighted by Gasteiger charge is 2.30. The third kappa shape index (κ3) is 3.95. The van der Waals surface area contributed by atoms with E-state index in [9.17, 15) is 28.5 Å². The molecule has 0 aliphatic rings. The highest BCUT2D eigenvalue weighted by Crippen LogP contribution is 2.31. The van der Waals surface area contributed by atoms with Crippen LogP contribution >= 0.6 is 0 Å². The van der Waals surface area contributed by atoms with E-state index in [1.165, 1.54) is 42.5 Å². The van der Waals surface area contributed by atoms with Crippen LogP contribution in [0.5, 0.6) is 0 Å². The first kappa shape index (κ1) is 16.2. The average molecular weight is 318 g/mol. The largest absolute Gasteiger partial charge is 0.416 e. The molecule has 0 unspecified atom stereocenters. The normalized spacial score (nSPS) is 11.8. The molecule has 0 N–H and O–H groups in total. The predicted molar refractivity (Wildman–Crippen MR) is 78.0 cm³/mol.